The Labute approximate surface area is 99.7 Å². The van der Waals surface area contributed by atoms with Crippen molar-refractivity contribution in [3.05, 3.63) is 63.0 Å². The van der Waals surface area contributed by atoms with Crippen molar-refractivity contribution in [2.75, 3.05) is 0 Å². The standard InChI is InChI=1S/C11H8BrFN2O/c12-9-1-2-11(16)15(7-9)6-8-3-10(13)5-14-4-8/h1-5,7H,6H2. The molecule has 2 aromatic rings. The predicted octanol–water partition coefficient (Wildman–Crippen LogP) is 2.19. The number of rotatable bonds is 2. The Morgan fingerprint density at radius 1 is 1.38 bits per heavy atom. The first-order valence-corrected chi connectivity index (χ1v) is 5.40. The van der Waals surface area contributed by atoms with Crippen LogP contribution >= 0.6 is 15.9 Å². The largest absolute Gasteiger partial charge is 0.310 e. The smallest absolute Gasteiger partial charge is 0.250 e. The van der Waals surface area contributed by atoms with Crippen molar-refractivity contribution >= 4 is 15.9 Å². The number of halogens is 2. The summed E-state index contributed by atoms with van der Waals surface area (Å²) in [6, 6.07) is 4.49. The summed E-state index contributed by atoms with van der Waals surface area (Å²) >= 11 is 3.27. The van der Waals surface area contributed by atoms with Crippen molar-refractivity contribution in [1.82, 2.24) is 9.55 Å². The minimum atomic E-state index is -0.402. The lowest BCUT2D eigenvalue weighted by atomic mass is 10.3. The van der Waals surface area contributed by atoms with Crippen LogP contribution in [0.1, 0.15) is 5.56 Å². The third kappa shape index (κ3) is 2.55. The topological polar surface area (TPSA) is 34.9 Å². The molecule has 0 bridgehead atoms. The fourth-order valence-electron chi connectivity index (χ4n) is 1.36. The number of pyridine rings is 2. The summed E-state index contributed by atoms with van der Waals surface area (Å²) in [5.74, 6) is -0.402. The SMILES string of the molecule is O=c1ccc(Br)cn1Cc1cncc(F)c1. The Balaban J connectivity index is 2.34. The third-order valence-electron chi connectivity index (χ3n) is 2.06. The van der Waals surface area contributed by atoms with Crippen molar-refractivity contribution < 1.29 is 4.39 Å². The van der Waals surface area contributed by atoms with Crippen LogP contribution in [0.2, 0.25) is 0 Å². The lowest BCUT2D eigenvalue weighted by Crippen LogP contribution is -2.18. The van der Waals surface area contributed by atoms with Crippen LogP contribution in [0.5, 0.6) is 0 Å². The second-order valence-corrected chi connectivity index (χ2v) is 4.24. The predicted molar refractivity (Wildman–Crippen MR) is 61.7 cm³/mol. The van der Waals surface area contributed by atoms with E-state index in [2.05, 4.69) is 20.9 Å². The van der Waals surface area contributed by atoms with Gasteiger partial charge in [0.2, 0.25) is 0 Å². The molecule has 0 amide bonds. The highest BCUT2D eigenvalue weighted by atomic mass is 79.9. The van der Waals surface area contributed by atoms with E-state index in [-0.39, 0.29) is 5.56 Å². The van der Waals surface area contributed by atoms with Crippen LogP contribution < -0.4 is 5.56 Å². The number of hydrogen-bond donors (Lipinski definition) is 0. The van der Waals surface area contributed by atoms with E-state index >= 15 is 0 Å². The molecule has 2 aromatic heterocycles. The maximum atomic E-state index is 12.9. The van der Waals surface area contributed by atoms with Crippen LogP contribution in [0.25, 0.3) is 0 Å². The highest BCUT2D eigenvalue weighted by Crippen LogP contribution is 2.07. The molecular formula is C11H8BrFN2O. The summed E-state index contributed by atoms with van der Waals surface area (Å²) in [5.41, 5.74) is 0.521. The molecule has 3 nitrogen and oxygen atoms in total. The maximum Gasteiger partial charge on any atom is 0.250 e. The summed E-state index contributed by atoms with van der Waals surface area (Å²) in [5, 5.41) is 0. The molecule has 2 rings (SSSR count). The van der Waals surface area contributed by atoms with Gasteiger partial charge < -0.3 is 4.57 Å². The normalized spacial score (nSPS) is 10.4. The molecule has 0 unspecified atom stereocenters. The molecule has 0 aromatic carbocycles. The van der Waals surface area contributed by atoms with Crippen LogP contribution in [0.4, 0.5) is 4.39 Å². The van der Waals surface area contributed by atoms with Gasteiger partial charge in [0, 0.05) is 22.9 Å². The zero-order valence-electron chi connectivity index (χ0n) is 8.23. The van der Waals surface area contributed by atoms with Crippen molar-refractivity contribution in [1.29, 1.82) is 0 Å². The molecule has 0 aliphatic rings. The van der Waals surface area contributed by atoms with Gasteiger partial charge in [0.05, 0.1) is 12.7 Å². The van der Waals surface area contributed by atoms with Crippen molar-refractivity contribution in [2.24, 2.45) is 0 Å². The number of aromatic nitrogens is 2. The molecular weight excluding hydrogens is 275 g/mol. The molecule has 0 spiro atoms. The summed E-state index contributed by atoms with van der Waals surface area (Å²) in [6.07, 6.45) is 4.33. The van der Waals surface area contributed by atoms with Gasteiger partial charge in [-0.15, -0.1) is 0 Å². The van der Waals surface area contributed by atoms with Gasteiger partial charge in [-0.05, 0) is 33.6 Å². The van der Waals surface area contributed by atoms with Crippen LogP contribution in [-0.4, -0.2) is 9.55 Å². The third-order valence-corrected chi connectivity index (χ3v) is 2.53. The molecule has 0 fully saturated rings. The zero-order chi connectivity index (χ0) is 11.5. The van der Waals surface area contributed by atoms with Gasteiger partial charge in [0.25, 0.3) is 5.56 Å². The van der Waals surface area contributed by atoms with Gasteiger partial charge >= 0.3 is 0 Å². The Kier molecular flexibility index (Phi) is 3.14. The summed E-state index contributed by atoms with van der Waals surface area (Å²) in [7, 11) is 0. The van der Waals surface area contributed by atoms with Crippen LogP contribution in [-0.2, 0) is 6.54 Å². The average molecular weight is 283 g/mol. The fourth-order valence-corrected chi connectivity index (χ4v) is 1.74. The lowest BCUT2D eigenvalue weighted by Gasteiger charge is -2.05. The highest BCUT2D eigenvalue weighted by Gasteiger charge is 2.00. The minimum absolute atomic E-state index is 0.132. The number of nitrogens with zero attached hydrogens (tertiary/aromatic N) is 2. The van der Waals surface area contributed by atoms with E-state index in [1.165, 1.54) is 22.9 Å². The van der Waals surface area contributed by atoms with Crippen LogP contribution in [0, 0.1) is 5.82 Å². The quantitative estimate of drug-likeness (QED) is 0.846. The van der Waals surface area contributed by atoms with E-state index in [1.54, 1.807) is 12.3 Å². The highest BCUT2D eigenvalue weighted by molar-refractivity contribution is 9.10. The lowest BCUT2D eigenvalue weighted by molar-refractivity contribution is 0.615. The van der Waals surface area contributed by atoms with Crippen molar-refractivity contribution in [2.45, 2.75) is 6.54 Å². The molecule has 0 saturated heterocycles. The monoisotopic (exact) mass is 282 g/mol. The van der Waals surface area contributed by atoms with Gasteiger partial charge in [0.15, 0.2) is 0 Å². The fraction of sp³-hybridized carbons (Fsp3) is 0.0909. The molecule has 0 atom stereocenters. The van der Waals surface area contributed by atoms with Gasteiger partial charge in [-0.3, -0.25) is 9.78 Å². The summed E-state index contributed by atoms with van der Waals surface area (Å²) in [6.45, 7) is 0.309. The second kappa shape index (κ2) is 4.57. The molecule has 2 heterocycles. The van der Waals surface area contributed by atoms with Crippen LogP contribution in [0.15, 0.2) is 46.1 Å². The Morgan fingerprint density at radius 3 is 2.94 bits per heavy atom. The van der Waals surface area contributed by atoms with E-state index < -0.39 is 5.82 Å². The summed E-state index contributed by atoms with van der Waals surface area (Å²) < 4.78 is 15.2. The molecule has 5 heteroatoms. The molecule has 16 heavy (non-hydrogen) atoms. The first-order valence-electron chi connectivity index (χ1n) is 4.60. The molecule has 0 saturated carbocycles. The van der Waals surface area contributed by atoms with E-state index in [1.807, 2.05) is 0 Å². The van der Waals surface area contributed by atoms with E-state index in [9.17, 15) is 9.18 Å². The second-order valence-electron chi connectivity index (χ2n) is 3.32. The molecule has 0 aliphatic heterocycles. The molecule has 0 N–H and O–H groups in total. The van der Waals surface area contributed by atoms with E-state index in [4.69, 9.17) is 0 Å². The van der Waals surface area contributed by atoms with E-state index in [0.717, 1.165) is 10.7 Å². The Hall–Kier alpha value is -1.49. The molecule has 0 aliphatic carbocycles. The van der Waals surface area contributed by atoms with Gasteiger partial charge in [-0.25, -0.2) is 4.39 Å². The average Bonchev–Trinajstić information content (AvgIpc) is 2.24. The van der Waals surface area contributed by atoms with Crippen molar-refractivity contribution in [3.63, 3.8) is 0 Å². The van der Waals surface area contributed by atoms with Crippen molar-refractivity contribution in [3.8, 4) is 0 Å². The van der Waals surface area contributed by atoms with Gasteiger partial charge in [0.1, 0.15) is 5.82 Å². The first kappa shape index (κ1) is 11.0. The van der Waals surface area contributed by atoms with Gasteiger partial charge in [-0.1, -0.05) is 0 Å². The first-order chi connectivity index (χ1) is 7.65. The Bertz CT molecular complexity index is 568. The maximum absolute atomic E-state index is 12.9. The summed E-state index contributed by atoms with van der Waals surface area (Å²) in [4.78, 5) is 15.2. The Morgan fingerprint density at radius 2 is 2.19 bits per heavy atom. The number of hydrogen-bond acceptors (Lipinski definition) is 2. The zero-order valence-corrected chi connectivity index (χ0v) is 9.82. The van der Waals surface area contributed by atoms with E-state index in [0.29, 0.717) is 12.1 Å². The molecule has 0 radical (unpaired) electrons. The minimum Gasteiger partial charge on any atom is -0.310 e. The van der Waals surface area contributed by atoms with Gasteiger partial charge in [-0.2, -0.15) is 0 Å². The van der Waals surface area contributed by atoms with Crippen LogP contribution in [0.3, 0.4) is 0 Å². The molecule has 82 valence electrons.